The van der Waals surface area contributed by atoms with Crippen molar-refractivity contribution in [2.24, 2.45) is 0 Å². The summed E-state index contributed by atoms with van der Waals surface area (Å²) < 4.78 is 10.1. The molecule has 3 amide bonds. The number of methoxy groups -OCH3 is 1. The van der Waals surface area contributed by atoms with Gasteiger partial charge in [0.25, 0.3) is 0 Å². The van der Waals surface area contributed by atoms with Gasteiger partial charge in [0.05, 0.1) is 25.7 Å². The molecule has 0 aromatic heterocycles. The van der Waals surface area contributed by atoms with Crippen LogP contribution in [0.1, 0.15) is 70.5 Å². The number of amides is 3. The van der Waals surface area contributed by atoms with Crippen LogP contribution >= 0.6 is 0 Å². The number of ether oxygens (including phenoxy) is 2. The van der Waals surface area contributed by atoms with Crippen molar-refractivity contribution in [1.29, 1.82) is 0 Å². The molecule has 2 aromatic carbocycles. The van der Waals surface area contributed by atoms with Crippen molar-refractivity contribution in [2.45, 2.75) is 89.6 Å². The van der Waals surface area contributed by atoms with Crippen LogP contribution in [0.3, 0.4) is 0 Å². The van der Waals surface area contributed by atoms with Gasteiger partial charge in [0, 0.05) is 6.42 Å². The summed E-state index contributed by atoms with van der Waals surface area (Å²) in [4.78, 5) is 51.5. The molecule has 0 radical (unpaired) electrons. The average molecular weight is 570 g/mol. The van der Waals surface area contributed by atoms with Gasteiger partial charge in [-0.15, -0.1) is 0 Å². The number of esters is 1. The van der Waals surface area contributed by atoms with Crippen molar-refractivity contribution in [2.75, 3.05) is 7.11 Å². The van der Waals surface area contributed by atoms with Gasteiger partial charge in [-0.1, -0.05) is 80.4 Å². The van der Waals surface area contributed by atoms with Crippen molar-refractivity contribution in [3.63, 3.8) is 0 Å². The molecule has 0 spiro atoms. The van der Waals surface area contributed by atoms with E-state index in [1.165, 1.54) is 7.11 Å². The highest BCUT2D eigenvalue weighted by molar-refractivity contribution is 5.91. The van der Waals surface area contributed by atoms with E-state index in [9.17, 15) is 24.3 Å². The van der Waals surface area contributed by atoms with Crippen molar-refractivity contribution < 1.29 is 33.8 Å². The normalized spacial score (nSPS) is 14.1. The molecule has 0 fully saturated rings. The Morgan fingerprint density at radius 1 is 0.854 bits per heavy atom. The predicted octanol–water partition coefficient (Wildman–Crippen LogP) is 3.58. The van der Waals surface area contributed by atoms with E-state index in [4.69, 9.17) is 4.74 Å². The molecule has 0 bridgehead atoms. The lowest BCUT2D eigenvalue weighted by molar-refractivity contribution is -0.143. The number of carbonyl (C=O) groups excluding carboxylic acids is 4. The van der Waals surface area contributed by atoms with Crippen LogP contribution < -0.4 is 16.0 Å². The van der Waals surface area contributed by atoms with Crippen LogP contribution in [0.5, 0.6) is 0 Å². The molecule has 0 aliphatic rings. The molecule has 41 heavy (non-hydrogen) atoms. The highest BCUT2D eigenvalue weighted by Crippen LogP contribution is 2.20. The van der Waals surface area contributed by atoms with Gasteiger partial charge >= 0.3 is 12.1 Å². The quantitative estimate of drug-likeness (QED) is 0.255. The van der Waals surface area contributed by atoms with Gasteiger partial charge in [0.1, 0.15) is 17.7 Å². The highest BCUT2D eigenvalue weighted by atomic mass is 16.6. The third kappa shape index (κ3) is 12.0. The van der Waals surface area contributed by atoms with Crippen LogP contribution in [0, 0.1) is 0 Å². The number of hydrogen-bond donors (Lipinski definition) is 4. The summed E-state index contributed by atoms with van der Waals surface area (Å²) in [5.74, 6) is -1.71. The maximum absolute atomic E-state index is 13.6. The zero-order valence-corrected chi connectivity index (χ0v) is 24.5. The Morgan fingerprint density at radius 2 is 1.44 bits per heavy atom. The number of unbranched alkanes of at least 4 members (excludes halogenated alkanes) is 1. The second-order valence-corrected chi connectivity index (χ2v) is 10.8. The Hall–Kier alpha value is -3.92. The third-order valence-corrected chi connectivity index (χ3v) is 6.21. The first-order valence-electron chi connectivity index (χ1n) is 13.9. The van der Waals surface area contributed by atoms with Gasteiger partial charge in [0.2, 0.25) is 11.8 Å². The Labute approximate surface area is 242 Å². The Bertz CT molecular complexity index is 1120. The van der Waals surface area contributed by atoms with Gasteiger partial charge in [-0.2, -0.15) is 0 Å². The summed E-state index contributed by atoms with van der Waals surface area (Å²) in [5, 5.41) is 19.1. The van der Waals surface area contributed by atoms with E-state index in [-0.39, 0.29) is 12.8 Å². The summed E-state index contributed by atoms with van der Waals surface area (Å²) in [7, 11) is 1.22. The summed E-state index contributed by atoms with van der Waals surface area (Å²) >= 11 is 0. The van der Waals surface area contributed by atoms with E-state index < -0.39 is 53.7 Å². The fourth-order valence-electron chi connectivity index (χ4n) is 4.15. The molecule has 0 aliphatic carbocycles. The highest BCUT2D eigenvalue weighted by Gasteiger charge is 2.32. The van der Waals surface area contributed by atoms with E-state index in [0.717, 1.165) is 12.0 Å². The summed E-state index contributed by atoms with van der Waals surface area (Å²) in [6.45, 7) is 7.14. The number of aliphatic hydroxyl groups excluding tert-OH is 1. The molecule has 4 N–H and O–H groups in total. The molecular formula is C31H43N3O7. The van der Waals surface area contributed by atoms with Crippen molar-refractivity contribution >= 4 is 23.9 Å². The van der Waals surface area contributed by atoms with E-state index in [1.807, 2.05) is 37.3 Å². The molecule has 4 unspecified atom stereocenters. The minimum Gasteiger partial charge on any atom is -0.469 e. The number of carbonyl (C=O) groups is 4. The lowest BCUT2D eigenvalue weighted by Crippen LogP contribution is -2.55. The fourth-order valence-corrected chi connectivity index (χ4v) is 4.15. The number of benzene rings is 2. The van der Waals surface area contributed by atoms with E-state index in [1.54, 1.807) is 51.1 Å². The molecule has 0 heterocycles. The molecule has 0 saturated heterocycles. The Morgan fingerprint density at radius 3 is 2.00 bits per heavy atom. The first-order valence-corrected chi connectivity index (χ1v) is 13.9. The van der Waals surface area contributed by atoms with Crippen molar-refractivity contribution in [1.82, 2.24) is 16.0 Å². The number of aliphatic hydroxyl groups is 1. The maximum atomic E-state index is 13.6. The smallest absolute Gasteiger partial charge is 0.408 e. The SMILES string of the molecule is CCCCC(NC(=O)C(Cc1ccccc1)NC(=O)OC(C)(C)C)C(=O)NC(c1ccccc1)C(O)CC(=O)OC. The van der Waals surface area contributed by atoms with E-state index >= 15 is 0 Å². The summed E-state index contributed by atoms with van der Waals surface area (Å²) in [6, 6.07) is 15.1. The molecular weight excluding hydrogens is 526 g/mol. The zero-order chi connectivity index (χ0) is 30.4. The van der Waals surface area contributed by atoms with Gasteiger partial charge in [-0.25, -0.2) is 4.79 Å². The van der Waals surface area contributed by atoms with Crippen molar-refractivity contribution in [3.05, 3.63) is 71.8 Å². The first-order chi connectivity index (χ1) is 19.4. The van der Waals surface area contributed by atoms with Crippen molar-refractivity contribution in [3.8, 4) is 0 Å². The minimum atomic E-state index is -1.27. The molecule has 224 valence electrons. The molecule has 10 nitrogen and oxygen atoms in total. The molecule has 2 aromatic rings. The molecule has 10 heteroatoms. The summed E-state index contributed by atoms with van der Waals surface area (Å²) in [6.07, 6.45) is -0.431. The standard InChI is InChI=1S/C31H43N3O7/c1-6-7-18-23(28(37)34-27(22-16-12-9-13-17-22)25(35)20-26(36)40-5)32-29(38)24(19-21-14-10-8-11-15-21)33-30(39)41-31(2,3)4/h8-17,23-25,27,35H,6-7,18-20H2,1-5H3,(H,32,38)(H,33,39)(H,34,37). The molecule has 2 rings (SSSR count). The topological polar surface area (TPSA) is 143 Å². The van der Waals surface area contributed by atoms with Crippen LogP contribution in [0.2, 0.25) is 0 Å². The number of rotatable bonds is 14. The minimum absolute atomic E-state index is 0.179. The van der Waals surface area contributed by atoms with Crippen LogP contribution in [-0.4, -0.2) is 59.9 Å². The largest absolute Gasteiger partial charge is 0.469 e. The number of hydrogen-bond acceptors (Lipinski definition) is 7. The monoisotopic (exact) mass is 569 g/mol. The summed E-state index contributed by atoms with van der Waals surface area (Å²) in [5.41, 5.74) is 0.638. The molecule has 0 aliphatic heterocycles. The van der Waals surface area contributed by atoms with E-state index in [0.29, 0.717) is 18.4 Å². The fraction of sp³-hybridized carbons (Fsp3) is 0.484. The second-order valence-electron chi connectivity index (χ2n) is 10.8. The Balaban J connectivity index is 2.28. The average Bonchev–Trinajstić information content (AvgIpc) is 2.93. The van der Waals surface area contributed by atoms with Gasteiger partial charge in [-0.3, -0.25) is 14.4 Å². The lowest BCUT2D eigenvalue weighted by atomic mass is 9.98. The third-order valence-electron chi connectivity index (χ3n) is 6.21. The zero-order valence-electron chi connectivity index (χ0n) is 24.5. The van der Waals surface area contributed by atoms with Gasteiger partial charge < -0.3 is 30.5 Å². The Kier molecular flexibility index (Phi) is 13.3. The van der Waals surface area contributed by atoms with Gasteiger partial charge in [-0.05, 0) is 38.3 Å². The maximum Gasteiger partial charge on any atom is 0.408 e. The lowest BCUT2D eigenvalue weighted by Gasteiger charge is -2.28. The predicted molar refractivity (Wildman–Crippen MR) is 155 cm³/mol. The molecule has 0 saturated carbocycles. The second kappa shape index (κ2) is 16.4. The van der Waals surface area contributed by atoms with Gasteiger partial charge in [0.15, 0.2) is 0 Å². The van der Waals surface area contributed by atoms with Crippen LogP contribution in [0.4, 0.5) is 4.79 Å². The molecule has 4 atom stereocenters. The van der Waals surface area contributed by atoms with Crippen LogP contribution in [-0.2, 0) is 30.3 Å². The number of alkyl carbamates (subject to hydrolysis) is 1. The van der Waals surface area contributed by atoms with E-state index in [2.05, 4.69) is 20.7 Å². The van der Waals surface area contributed by atoms with Crippen LogP contribution in [0.15, 0.2) is 60.7 Å². The number of nitrogens with one attached hydrogen (secondary N) is 3. The first kappa shape index (κ1) is 33.3. The van der Waals surface area contributed by atoms with Crippen LogP contribution in [0.25, 0.3) is 0 Å².